The molecule has 0 bridgehead atoms. The number of ketones is 2. The summed E-state index contributed by atoms with van der Waals surface area (Å²) in [4.78, 5) is 25.6. The van der Waals surface area contributed by atoms with E-state index in [9.17, 15) is 14.7 Å². The van der Waals surface area contributed by atoms with E-state index in [0.717, 1.165) is 16.7 Å². The summed E-state index contributed by atoms with van der Waals surface area (Å²) >= 11 is 1.12. The van der Waals surface area contributed by atoms with E-state index in [1.165, 1.54) is 14.2 Å². The Kier molecular flexibility index (Phi) is 4.82. The summed E-state index contributed by atoms with van der Waals surface area (Å²) in [5.74, 6) is -1.32. The fourth-order valence-electron chi connectivity index (χ4n) is 1.92. The third kappa shape index (κ3) is 2.86. The average Bonchev–Trinajstić information content (AvgIpc) is 2.51. The third-order valence-electron chi connectivity index (χ3n) is 2.90. The van der Waals surface area contributed by atoms with E-state index in [1.807, 2.05) is 30.3 Å². The lowest BCUT2D eigenvalue weighted by molar-refractivity contribution is -0.121. The van der Waals surface area contributed by atoms with Crippen molar-refractivity contribution >= 4 is 23.3 Å². The molecular formula is C15H14O5S. The number of rotatable bonds is 5. The Hall–Kier alpha value is -2.05. The maximum Gasteiger partial charge on any atom is 0.238 e. The minimum Gasteiger partial charge on any atom is -0.489 e. The first-order valence-electron chi connectivity index (χ1n) is 6.12. The SMILES string of the molecule is COC1=C(OC)C(=O)C(Sc2ccccc2)=C(CO)C1=O. The summed E-state index contributed by atoms with van der Waals surface area (Å²) < 4.78 is 9.93. The van der Waals surface area contributed by atoms with Gasteiger partial charge in [-0.15, -0.1) is 0 Å². The van der Waals surface area contributed by atoms with Crippen molar-refractivity contribution in [2.45, 2.75) is 4.90 Å². The van der Waals surface area contributed by atoms with Crippen molar-refractivity contribution in [2.24, 2.45) is 0 Å². The van der Waals surface area contributed by atoms with Gasteiger partial charge in [-0.2, -0.15) is 0 Å². The van der Waals surface area contributed by atoms with E-state index in [2.05, 4.69) is 0 Å². The molecule has 0 atom stereocenters. The largest absolute Gasteiger partial charge is 0.489 e. The molecule has 1 N–H and O–H groups in total. The Labute approximate surface area is 126 Å². The lowest BCUT2D eigenvalue weighted by Gasteiger charge is -2.20. The molecule has 21 heavy (non-hydrogen) atoms. The number of aliphatic hydroxyl groups is 1. The fraction of sp³-hybridized carbons (Fsp3) is 0.200. The van der Waals surface area contributed by atoms with Crippen LogP contribution in [-0.2, 0) is 19.1 Å². The van der Waals surface area contributed by atoms with Gasteiger partial charge in [-0.25, -0.2) is 0 Å². The van der Waals surface area contributed by atoms with E-state index in [0.29, 0.717) is 0 Å². The first kappa shape index (κ1) is 15.3. The van der Waals surface area contributed by atoms with Crippen molar-refractivity contribution in [1.82, 2.24) is 0 Å². The molecule has 0 fully saturated rings. The molecule has 0 spiro atoms. The van der Waals surface area contributed by atoms with Gasteiger partial charge in [0.25, 0.3) is 0 Å². The quantitative estimate of drug-likeness (QED) is 0.835. The number of carbonyl (C=O) groups is 2. The highest BCUT2D eigenvalue weighted by molar-refractivity contribution is 8.04. The number of aliphatic hydroxyl groups excluding tert-OH is 1. The van der Waals surface area contributed by atoms with Crippen LogP contribution in [-0.4, -0.2) is 37.5 Å². The second-order valence-electron chi connectivity index (χ2n) is 4.11. The molecule has 0 heterocycles. The number of hydrogen-bond donors (Lipinski definition) is 1. The van der Waals surface area contributed by atoms with Crippen LogP contribution in [0.15, 0.2) is 57.2 Å². The van der Waals surface area contributed by atoms with Crippen molar-refractivity contribution in [3.05, 3.63) is 52.3 Å². The number of Topliss-reactive ketones (excluding diaryl/α,β-unsaturated/α-hetero) is 2. The minimum absolute atomic E-state index is 0.0199. The van der Waals surface area contributed by atoms with Crippen LogP contribution in [0.2, 0.25) is 0 Å². The Bertz CT molecular complexity index is 631. The maximum absolute atomic E-state index is 12.4. The molecule has 0 amide bonds. The van der Waals surface area contributed by atoms with Crippen molar-refractivity contribution in [2.75, 3.05) is 20.8 Å². The predicted octanol–water partition coefficient (Wildman–Crippen LogP) is 1.68. The Morgan fingerprint density at radius 1 is 1.00 bits per heavy atom. The van der Waals surface area contributed by atoms with Gasteiger partial charge < -0.3 is 14.6 Å². The van der Waals surface area contributed by atoms with Crippen molar-refractivity contribution < 1.29 is 24.2 Å². The summed E-state index contributed by atoms with van der Waals surface area (Å²) in [7, 11) is 2.58. The van der Waals surface area contributed by atoms with Crippen LogP contribution in [0.25, 0.3) is 0 Å². The standard InChI is InChI=1S/C15H14O5S/c1-19-13-11(17)10(8-16)15(12(18)14(13)20-2)21-9-6-4-3-5-7-9/h3-7,16H,8H2,1-2H3. The summed E-state index contributed by atoms with van der Waals surface area (Å²) in [6.07, 6.45) is 0. The molecule has 1 aromatic carbocycles. The number of thioether (sulfide) groups is 1. The van der Waals surface area contributed by atoms with Crippen LogP contribution < -0.4 is 0 Å². The number of allylic oxidation sites excluding steroid dienone is 2. The highest BCUT2D eigenvalue weighted by Gasteiger charge is 2.36. The van der Waals surface area contributed by atoms with Crippen LogP contribution >= 0.6 is 11.8 Å². The van der Waals surface area contributed by atoms with Crippen molar-refractivity contribution in [3.8, 4) is 0 Å². The van der Waals surface area contributed by atoms with Crippen molar-refractivity contribution in [1.29, 1.82) is 0 Å². The van der Waals surface area contributed by atoms with E-state index < -0.39 is 18.2 Å². The second kappa shape index (κ2) is 6.60. The van der Waals surface area contributed by atoms with Gasteiger partial charge in [0, 0.05) is 10.5 Å². The van der Waals surface area contributed by atoms with Crippen LogP contribution in [0.4, 0.5) is 0 Å². The van der Waals surface area contributed by atoms with Crippen LogP contribution in [0.3, 0.4) is 0 Å². The molecule has 1 aromatic rings. The van der Waals surface area contributed by atoms with E-state index in [4.69, 9.17) is 9.47 Å². The Balaban J connectivity index is 2.47. The zero-order valence-corrected chi connectivity index (χ0v) is 12.4. The lowest BCUT2D eigenvalue weighted by atomic mass is 10.0. The van der Waals surface area contributed by atoms with E-state index in [1.54, 1.807) is 0 Å². The van der Waals surface area contributed by atoms with Gasteiger partial charge in [0.05, 0.1) is 25.7 Å². The number of benzene rings is 1. The average molecular weight is 306 g/mol. The number of ether oxygens (including phenoxy) is 2. The van der Waals surface area contributed by atoms with Gasteiger partial charge in [0.2, 0.25) is 23.1 Å². The minimum atomic E-state index is -0.538. The maximum atomic E-state index is 12.4. The van der Waals surface area contributed by atoms with Crippen LogP contribution in [0.1, 0.15) is 0 Å². The summed E-state index contributed by atoms with van der Waals surface area (Å²) in [6.45, 7) is -0.538. The van der Waals surface area contributed by atoms with Gasteiger partial charge in [-0.3, -0.25) is 9.59 Å². The molecule has 6 heteroatoms. The van der Waals surface area contributed by atoms with Gasteiger partial charge in [-0.1, -0.05) is 30.0 Å². The summed E-state index contributed by atoms with van der Waals surface area (Å²) in [6, 6.07) is 9.12. The molecule has 1 aliphatic rings. The zero-order valence-electron chi connectivity index (χ0n) is 11.6. The molecular weight excluding hydrogens is 292 g/mol. The molecule has 1 aliphatic carbocycles. The van der Waals surface area contributed by atoms with Gasteiger partial charge in [-0.05, 0) is 12.1 Å². The van der Waals surface area contributed by atoms with Gasteiger partial charge in [0.1, 0.15) is 0 Å². The molecule has 0 aromatic heterocycles. The summed E-state index contributed by atoms with van der Waals surface area (Å²) in [5, 5.41) is 9.44. The number of methoxy groups -OCH3 is 2. The molecule has 110 valence electrons. The summed E-state index contributed by atoms with van der Waals surface area (Å²) in [5.41, 5.74) is 0.0199. The fourth-order valence-corrected chi connectivity index (χ4v) is 2.91. The lowest BCUT2D eigenvalue weighted by Crippen LogP contribution is -2.26. The normalized spacial score (nSPS) is 15.6. The number of hydrogen-bond acceptors (Lipinski definition) is 6. The number of carbonyl (C=O) groups excluding carboxylic acids is 2. The molecule has 0 saturated heterocycles. The molecule has 0 radical (unpaired) electrons. The van der Waals surface area contributed by atoms with Crippen LogP contribution in [0.5, 0.6) is 0 Å². The second-order valence-corrected chi connectivity index (χ2v) is 5.19. The van der Waals surface area contributed by atoms with E-state index in [-0.39, 0.29) is 22.0 Å². The molecule has 0 unspecified atom stereocenters. The first-order valence-corrected chi connectivity index (χ1v) is 6.94. The molecule has 5 nitrogen and oxygen atoms in total. The predicted molar refractivity (Wildman–Crippen MR) is 77.5 cm³/mol. The van der Waals surface area contributed by atoms with Gasteiger partial charge in [0.15, 0.2) is 0 Å². The third-order valence-corrected chi connectivity index (χ3v) is 4.05. The Morgan fingerprint density at radius 2 is 1.57 bits per heavy atom. The highest BCUT2D eigenvalue weighted by atomic mass is 32.2. The first-order chi connectivity index (χ1) is 10.1. The smallest absolute Gasteiger partial charge is 0.238 e. The van der Waals surface area contributed by atoms with Gasteiger partial charge >= 0.3 is 0 Å². The molecule has 0 aliphatic heterocycles. The molecule has 0 saturated carbocycles. The molecule has 2 rings (SSSR count). The topological polar surface area (TPSA) is 72.8 Å². The zero-order chi connectivity index (χ0) is 15.4. The Morgan fingerprint density at radius 3 is 2.10 bits per heavy atom. The van der Waals surface area contributed by atoms with Crippen molar-refractivity contribution in [3.63, 3.8) is 0 Å². The monoisotopic (exact) mass is 306 g/mol. The van der Waals surface area contributed by atoms with Crippen LogP contribution in [0, 0.1) is 0 Å². The van der Waals surface area contributed by atoms with E-state index >= 15 is 0 Å². The highest BCUT2D eigenvalue weighted by Crippen LogP contribution is 2.36.